The summed E-state index contributed by atoms with van der Waals surface area (Å²) >= 11 is 7.59. The van der Waals surface area contributed by atoms with Gasteiger partial charge in [-0.3, -0.25) is 9.69 Å². The van der Waals surface area contributed by atoms with Gasteiger partial charge in [0, 0.05) is 10.7 Å². The third-order valence-corrected chi connectivity index (χ3v) is 5.58. The van der Waals surface area contributed by atoms with Crippen LogP contribution in [0.15, 0.2) is 78.9 Å². The lowest BCUT2D eigenvalue weighted by Gasteiger charge is -2.24. The summed E-state index contributed by atoms with van der Waals surface area (Å²) < 4.78 is 5.84. The van der Waals surface area contributed by atoms with Crippen molar-refractivity contribution in [2.24, 2.45) is 0 Å². The molecule has 1 atom stereocenters. The van der Waals surface area contributed by atoms with E-state index in [-0.39, 0.29) is 11.3 Å². The molecule has 130 valence electrons. The highest BCUT2D eigenvalue weighted by Crippen LogP contribution is 2.42. The number of halogens is 1. The number of hydrogen-bond acceptors (Lipinski definition) is 3. The van der Waals surface area contributed by atoms with E-state index in [2.05, 4.69) is 0 Å². The van der Waals surface area contributed by atoms with Gasteiger partial charge in [-0.15, -0.1) is 11.8 Å². The summed E-state index contributed by atoms with van der Waals surface area (Å²) in [5, 5.41) is 0.612. The molecule has 3 aromatic carbocycles. The van der Waals surface area contributed by atoms with E-state index in [0.717, 1.165) is 22.7 Å². The highest BCUT2D eigenvalue weighted by Gasteiger charge is 2.33. The maximum Gasteiger partial charge on any atom is 0.238 e. The van der Waals surface area contributed by atoms with E-state index in [9.17, 15) is 4.79 Å². The zero-order chi connectivity index (χ0) is 17.9. The first kappa shape index (κ1) is 17.0. The third kappa shape index (κ3) is 3.57. The average molecular weight is 382 g/mol. The Labute approximate surface area is 161 Å². The van der Waals surface area contributed by atoms with Gasteiger partial charge in [-0.05, 0) is 54.1 Å². The molecule has 1 aliphatic rings. The molecule has 5 heteroatoms. The van der Waals surface area contributed by atoms with Crippen LogP contribution in [-0.4, -0.2) is 11.7 Å². The van der Waals surface area contributed by atoms with Gasteiger partial charge in [-0.25, -0.2) is 0 Å². The summed E-state index contributed by atoms with van der Waals surface area (Å²) in [7, 11) is 0. The van der Waals surface area contributed by atoms with Gasteiger partial charge in [0.25, 0.3) is 0 Å². The lowest BCUT2D eigenvalue weighted by molar-refractivity contribution is -0.115. The highest BCUT2D eigenvalue weighted by molar-refractivity contribution is 8.00. The number of thioether (sulfide) groups is 1. The molecule has 4 rings (SSSR count). The molecule has 1 fully saturated rings. The molecule has 0 bridgehead atoms. The molecular formula is C21H16ClNO2S. The Balaban J connectivity index is 1.56. The summed E-state index contributed by atoms with van der Waals surface area (Å²) in [5.74, 6) is 2.14. The van der Waals surface area contributed by atoms with E-state index in [1.54, 1.807) is 23.9 Å². The summed E-state index contributed by atoms with van der Waals surface area (Å²) in [6.45, 7) is 0. The van der Waals surface area contributed by atoms with Crippen molar-refractivity contribution < 1.29 is 9.53 Å². The van der Waals surface area contributed by atoms with Crippen LogP contribution < -0.4 is 9.64 Å². The number of anilines is 1. The highest BCUT2D eigenvalue weighted by atomic mass is 35.5. The minimum absolute atomic E-state index is 0.0468. The second-order valence-corrected chi connectivity index (χ2v) is 7.39. The molecule has 0 saturated carbocycles. The Morgan fingerprint density at radius 3 is 2.23 bits per heavy atom. The Morgan fingerprint density at radius 2 is 1.54 bits per heavy atom. The molecule has 3 aromatic rings. The molecule has 0 N–H and O–H groups in total. The number of ether oxygens (including phenoxy) is 1. The Hall–Kier alpha value is -2.43. The smallest absolute Gasteiger partial charge is 0.238 e. The van der Waals surface area contributed by atoms with Crippen LogP contribution in [0.2, 0.25) is 5.02 Å². The maximum absolute atomic E-state index is 12.4. The summed E-state index contributed by atoms with van der Waals surface area (Å²) in [5.41, 5.74) is 1.93. The van der Waals surface area contributed by atoms with Gasteiger partial charge in [0.1, 0.15) is 16.9 Å². The molecule has 26 heavy (non-hydrogen) atoms. The van der Waals surface area contributed by atoms with Crippen LogP contribution in [0.1, 0.15) is 10.9 Å². The molecule has 0 aliphatic carbocycles. The lowest BCUT2D eigenvalue weighted by atomic mass is 10.1. The Kier molecular flexibility index (Phi) is 4.87. The van der Waals surface area contributed by atoms with Crippen molar-refractivity contribution in [2.75, 3.05) is 10.7 Å². The molecular weight excluding hydrogens is 366 g/mol. The van der Waals surface area contributed by atoms with E-state index in [1.807, 2.05) is 71.6 Å². The van der Waals surface area contributed by atoms with Crippen LogP contribution in [0.25, 0.3) is 0 Å². The first-order valence-electron chi connectivity index (χ1n) is 8.23. The van der Waals surface area contributed by atoms with Crippen LogP contribution in [-0.2, 0) is 4.79 Å². The number of amides is 1. The largest absolute Gasteiger partial charge is 0.457 e. The van der Waals surface area contributed by atoms with Crippen LogP contribution in [0.5, 0.6) is 11.5 Å². The minimum Gasteiger partial charge on any atom is -0.457 e. The Bertz CT molecular complexity index is 898. The van der Waals surface area contributed by atoms with E-state index >= 15 is 0 Å². The van der Waals surface area contributed by atoms with Crippen LogP contribution in [0, 0.1) is 0 Å². The first-order valence-corrected chi connectivity index (χ1v) is 9.65. The molecule has 0 radical (unpaired) electrons. The monoisotopic (exact) mass is 381 g/mol. The summed E-state index contributed by atoms with van der Waals surface area (Å²) in [6, 6.07) is 24.9. The number of rotatable bonds is 4. The fourth-order valence-electron chi connectivity index (χ4n) is 2.88. The number of carbonyl (C=O) groups is 1. The number of hydrogen-bond donors (Lipinski definition) is 0. The Morgan fingerprint density at radius 1 is 0.885 bits per heavy atom. The van der Waals surface area contributed by atoms with Crippen molar-refractivity contribution in [3.05, 3.63) is 89.4 Å². The molecule has 3 nitrogen and oxygen atoms in total. The molecule has 1 amide bonds. The standard InChI is InChI=1S/C21H16ClNO2S/c22-16-8-10-17(11-9-16)23-20(24)14-26-21(23)15-6-12-19(13-7-15)25-18-4-2-1-3-5-18/h1-13,21H,14H2/t21-/m1/s1. The van der Waals surface area contributed by atoms with E-state index in [1.165, 1.54) is 0 Å². The zero-order valence-electron chi connectivity index (χ0n) is 13.8. The normalized spacial score (nSPS) is 16.7. The van der Waals surface area contributed by atoms with E-state index in [4.69, 9.17) is 16.3 Å². The minimum atomic E-state index is -0.0468. The summed E-state index contributed by atoms with van der Waals surface area (Å²) in [6.07, 6.45) is 0. The number of carbonyl (C=O) groups excluding carboxylic acids is 1. The molecule has 0 aromatic heterocycles. The van der Waals surface area contributed by atoms with Gasteiger partial charge in [-0.1, -0.05) is 41.9 Å². The quantitative estimate of drug-likeness (QED) is 0.562. The van der Waals surface area contributed by atoms with Crippen LogP contribution >= 0.6 is 23.4 Å². The average Bonchev–Trinajstić information content (AvgIpc) is 3.05. The van der Waals surface area contributed by atoms with Gasteiger partial charge in [0.2, 0.25) is 5.91 Å². The van der Waals surface area contributed by atoms with Crippen LogP contribution in [0.3, 0.4) is 0 Å². The van der Waals surface area contributed by atoms with Crippen molar-refractivity contribution in [3.63, 3.8) is 0 Å². The topological polar surface area (TPSA) is 29.5 Å². The maximum atomic E-state index is 12.4. The molecule has 1 saturated heterocycles. The predicted molar refractivity (Wildman–Crippen MR) is 107 cm³/mol. The van der Waals surface area contributed by atoms with Crippen molar-refractivity contribution in [2.45, 2.75) is 5.37 Å². The van der Waals surface area contributed by atoms with Gasteiger partial charge in [0.15, 0.2) is 0 Å². The van der Waals surface area contributed by atoms with Gasteiger partial charge in [0.05, 0.1) is 5.75 Å². The number of nitrogens with zero attached hydrogens (tertiary/aromatic N) is 1. The van der Waals surface area contributed by atoms with Crippen molar-refractivity contribution in [1.82, 2.24) is 0 Å². The molecule has 1 heterocycles. The fourth-order valence-corrected chi connectivity index (χ4v) is 4.18. The fraction of sp³-hybridized carbons (Fsp3) is 0.0952. The van der Waals surface area contributed by atoms with Gasteiger partial charge >= 0.3 is 0 Å². The van der Waals surface area contributed by atoms with E-state index < -0.39 is 0 Å². The second-order valence-electron chi connectivity index (χ2n) is 5.89. The van der Waals surface area contributed by atoms with Crippen molar-refractivity contribution >= 4 is 35.0 Å². The van der Waals surface area contributed by atoms with Crippen LogP contribution in [0.4, 0.5) is 5.69 Å². The molecule has 0 unspecified atom stereocenters. The van der Waals surface area contributed by atoms with Crippen molar-refractivity contribution in [3.8, 4) is 11.5 Å². The predicted octanol–water partition coefficient (Wildman–Crippen LogP) is 5.91. The first-order chi connectivity index (χ1) is 12.7. The molecule has 1 aliphatic heterocycles. The van der Waals surface area contributed by atoms with E-state index in [0.29, 0.717) is 10.8 Å². The van der Waals surface area contributed by atoms with Crippen molar-refractivity contribution in [1.29, 1.82) is 0 Å². The van der Waals surface area contributed by atoms with Gasteiger partial charge in [-0.2, -0.15) is 0 Å². The zero-order valence-corrected chi connectivity index (χ0v) is 15.4. The number of para-hydroxylation sites is 1. The number of benzene rings is 3. The molecule has 0 spiro atoms. The second kappa shape index (κ2) is 7.44. The van der Waals surface area contributed by atoms with Gasteiger partial charge < -0.3 is 4.74 Å². The lowest BCUT2D eigenvalue weighted by Crippen LogP contribution is -2.27. The third-order valence-electron chi connectivity index (χ3n) is 4.12. The summed E-state index contributed by atoms with van der Waals surface area (Å²) in [4.78, 5) is 14.2. The SMILES string of the molecule is O=C1CS[C@H](c2ccc(Oc3ccccc3)cc2)N1c1ccc(Cl)cc1.